The molecular weight excluding hydrogens is 308 g/mol. The van der Waals surface area contributed by atoms with Crippen molar-refractivity contribution in [3.63, 3.8) is 0 Å². The Kier molecular flexibility index (Phi) is 5.60. The molecule has 1 atom stereocenters. The smallest absolute Gasteiger partial charge is 0.223 e. The molecule has 2 aliphatic heterocycles. The van der Waals surface area contributed by atoms with Gasteiger partial charge < -0.3 is 9.18 Å². The molecule has 1 aliphatic carbocycles. The number of piperidine rings is 2. The topological polar surface area (TPSA) is 41.9 Å². The van der Waals surface area contributed by atoms with Gasteiger partial charge in [0.05, 0.1) is 12.9 Å². The first-order valence-electron chi connectivity index (χ1n) is 8.43. The Morgan fingerprint density at radius 3 is 2.65 bits per heavy atom. The van der Waals surface area contributed by atoms with Crippen LogP contribution in [0.25, 0.3) is 0 Å². The van der Waals surface area contributed by atoms with Gasteiger partial charge in [-0.2, -0.15) is 0 Å². The molecule has 23 heavy (non-hydrogen) atoms. The summed E-state index contributed by atoms with van der Waals surface area (Å²) in [6.45, 7) is 0.946. The van der Waals surface area contributed by atoms with E-state index < -0.39 is 0 Å². The number of oxime groups is 1. The monoisotopic (exact) mass is 332 g/mol. The van der Waals surface area contributed by atoms with E-state index in [-0.39, 0.29) is 11.8 Å². The number of thiol groups is 1. The van der Waals surface area contributed by atoms with Gasteiger partial charge in [-0.3, -0.25) is 4.79 Å². The molecule has 1 saturated carbocycles. The molecule has 3 fully saturated rings. The largest absolute Gasteiger partial charge is 0.339 e. The van der Waals surface area contributed by atoms with E-state index in [1.165, 1.54) is 31.2 Å². The number of carbonyl (C=O) groups is 1. The number of nitrogens with zero attached hydrogens (tertiary/aromatic N) is 2. The summed E-state index contributed by atoms with van der Waals surface area (Å²) in [5, 5.41) is 3.78. The summed E-state index contributed by atoms with van der Waals surface area (Å²) < 4.78 is 4.53. The van der Waals surface area contributed by atoms with E-state index in [9.17, 15) is 4.79 Å². The maximum Gasteiger partial charge on any atom is 0.223 e. The zero-order valence-corrected chi connectivity index (χ0v) is 14.2. The molecule has 2 bridgehead atoms. The second-order valence-corrected chi connectivity index (χ2v) is 6.87. The van der Waals surface area contributed by atoms with Gasteiger partial charge >= 0.3 is 0 Å². The number of carbonyl (C=O) groups excluding carboxylic acids is 1. The fourth-order valence-electron chi connectivity index (χ4n) is 3.92. The zero-order valence-electron chi connectivity index (χ0n) is 13.3. The normalized spacial score (nSPS) is 24.8. The van der Waals surface area contributed by atoms with Crippen molar-refractivity contribution in [3.8, 4) is 0 Å². The van der Waals surface area contributed by atoms with Crippen molar-refractivity contribution >= 4 is 25.0 Å². The summed E-state index contributed by atoms with van der Waals surface area (Å²) >= 11 is 3.66. The fourth-order valence-corrected chi connectivity index (χ4v) is 3.98. The van der Waals surface area contributed by atoms with Crippen molar-refractivity contribution in [2.24, 2.45) is 17.0 Å². The first kappa shape index (κ1) is 16.4. The van der Waals surface area contributed by atoms with Crippen LogP contribution in [-0.4, -0.2) is 29.6 Å². The van der Waals surface area contributed by atoms with E-state index in [1.807, 2.05) is 18.2 Å². The number of hydrogen-bond donors (Lipinski definition) is 1. The second-order valence-electron chi connectivity index (χ2n) is 6.71. The molecule has 2 heterocycles. The fraction of sp³-hybridized carbons (Fsp3) is 0.556. The van der Waals surface area contributed by atoms with Crippen LogP contribution >= 0.6 is 12.9 Å². The van der Waals surface area contributed by atoms with Crippen molar-refractivity contribution in [3.05, 3.63) is 35.9 Å². The summed E-state index contributed by atoms with van der Waals surface area (Å²) in [6, 6.07) is 10.7. The average molecular weight is 332 g/mol. The molecule has 1 aromatic rings. The van der Waals surface area contributed by atoms with Crippen LogP contribution in [0.15, 0.2) is 35.5 Å². The molecule has 4 nitrogen and oxygen atoms in total. The van der Waals surface area contributed by atoms with Gasteiger partial charge in [0, 0.05) is 31.1 Å². The van der Waals surface area contributed by atoms with Crippen molar-refractivity contribution in [2.75, 3.05) is 6.54 Å². The second kappa shape index (κ2) is 7.86. The highest BCUT2D eigenvalue weighted by Crippen LogP contribution is 2.35. The lowest BCUT2D eigenvalue weighted by Crippen LogP contribution is -2.51. The molecule has 0 radical (unpaired) electrons. The minimum absolute atomic E-state index is 0.0394. The summed E-state index contributed by atoms with van der Waals surface area (Å²) in [7, 11) is 0. The van der Waals surface area contributed by atoms with Crippen molar-refractivity contribution in [1.82, 2.24) is 4.90 Å². The summed E-state index contributed by atoms with van der Waals surface area (Å²) in [4.78, 5) is 14.9. The first-order valence-corrected chi connectivity index (χ1v) is 8.80. The number of fused-ring (bicyclic) bond motifs is 3. The Morgan fingerprint density at radius 2 is 2.04 bits per heavy atom. The summed E-state index contributed by atoms with van der Waals surface area (Å²) in [5.74, 6) is 1.01. The van der Waals surface area contributed by atoms with Crippen molar-refractivity contribution < 1.29 is 9.08 Å². The SMILES string of the molecule is O=C(C[C@@H](/C=N\OS)Cc1ccccc1)N1CC2CCC1CC2. The molecule has 0 spiro atoms. The third kappa shape index (κ3) is 4.28. The molecular formula is C18H24N2O2S. The number of rotatable bonds is 6. The van der Waals surface area contributed by atoms with Crippen molar-refractivity contribution in [1.29, 1.82) is 0 Å². The van der Waals surface area contributed by atoms with Gasteiger partial charge in [-0.1, -0.05) is 35.5 Å². The Balaban J connectivity index is 1.63. The number of hydrogen-bond acceptors (Lipinski definition) is 4. The van der Waals surface area contributed by atoms with Crippen molar-refractivity contribution in [2.45, 2.75) is 44.6 Å². The predicted molar refractivity (Wildman–Crippen MR) is 94.3 cm³/mol. The molecule has 1 amide bonds. The van der Waals surface area contributed by atoms with Crippen LogP contribution < -0.4 is 0 Å². The molecule has 2 saturated heterocycles. The molecule has 124 valence electrons. The third-order valence-corrected chi connectivity index (χ3v) is 5.22. The maximum atomic E-state index is 12.8. The molecule has 0 unspecified atom stereocenters. The van der Waals surface area contributed by atoms with Gasteiger partial charge in [0.25, 0.3) is 0 Å². The minimum Gasteiger partial charge on any atom is -0.339 e. The lowest BCUT2D eigenvalue weighted by Gasteiger charge is -2.45. The Hall–Kier alpha value is -1.49. The quantitative estimate of drug-likeness (QED) is 0.375. The van der Waals surface area contributed by atoms with Gasteiger partial charge in [-0.05, 0) is 43.6 Å². The molecule has 1 aromatic carbocycles. The minimum atomic E-state index is 0.0394. The standard InChI is InChI=1S/C18H24N2O2S/c21-18(20-13-15-6-8-17(20)9-7-15)11-16(12-19-22-23)10-14-4-2-1-3-5-14/h1-5,12,15-17,23H,6-11,13H2/b19-12-/t15?,16-,17?/m0/s1. The van der Waals surface area contributed by atoms with E-state index in [0.29, 0.717) is 18.4 Å². The van der Waals surface area contributed by atoms with Crippen LogP contribution in [0.3, 0.4) is 0 Å². The highest BCUT2D eigenvalue weighted by atomic mass is 32.1. The van der Waals surface area contributed by atoms with Crippen LogP contribution in [0.1, 0.15) is 37.7 Å². The van der Waals surface area contributed by atoms with Gasteiger partial charge in [0.2, 0.25) is 5.91 Å². The van der Waals surface area contributed by atoms with Gasteiger partial charge in [-0.15, -0.1) is 0 Å². The summed E-state index contributed by atoms with van der Waals surface area (Å²) in [6.07, 6.45) is 7.91. The van der Waals surface area contributed by atoms with Gasteiger partial charge in [0.15, 0.2) is 0 Å². The highest BCUT2D eigenvalue weighted by molar-refractivity contribution is 7.75. The Bertz CT molecular complexity index is 541. The summed E-state index contributed by atoms with van der Waals surface area (Å²) in [5.41, 5.74) is 1.20. The Labute approximate surface area is 143 Å². The van der Waals surface area contributed by atoms with E-state index in [1.54, 1.807) is 6.21 Å². The number of amides is 1. The third-order valence-electron chi connectivity index (χ3n) is 5.13. The van der Waals surface area contributed by atoms with Crippen LogP contribution in [-0.2, 0) is 15.5 Å². The van der Waals surface area contributed by atoms with E-state index in [0.717, 1.165) is 13.0 Å². The van der Waals surface area contributed by atoms with Gasteiger partial charge in [-0.25, -0.2) is 0 Å². The number of benzene rings is 1. The predicted octanol–water partition coefficient (Wildman–Crippen LogP) is 3.48. The van der Waals surface area contributed by atoms with Crippen LogP contribution in [0, 0.1) is 11.8 Å². The molecule has 0 aromatic heterocycles. The van der Waals surface area contributed by atoms with Gasteiger partial charge in [0.1, 0.15) is 0 Å². The van der Waals surface area contributed by atoms with E-state index in [4.69, 9.17) is 0 Å². The zero-order chi connectivity index (χ0) is 16.1. The highest BCUT2D eigenvalue weighted by Gasteiger charge is 2.36. The van der Waals surface area contributed by atoms with Crippen LogP contribution in [0.2, 0.25) is 0 Å². The first-order chi connectivity index (χ1) is 11.3. The lowest BCUT2D eigenvalue weighted by atomic mass is 9.79. The lowest BCUT2D eigenvalue weighted by molar-refractivity contribution is -0.139. The van der Waals surface area contributed by atoms with E-state index >= 15 is 0 Å². The average Bonchev–Trinajstić information content (AvgIpc) is 2.61. The van der Waals surface area contributed by atoms with Crippen LogP contribution in [0.4, 0.5) is 0 Å². The molecule has 0 N–H and O–H groups in total. The molecule has 5 heteroatoms. The molecule has 4 rings (SSSR count). The van der Waals surface area contributed by atoms with Crippen LogP contribution in [0.5, 0.6) is 0 Å². The van der Waals surface area contributed by atoms with E-state index in [2.05, 4.69) is 39.4 Å². The maximum absolute atomic E-state index is 12.8. The Morgan fingerprint density at radius 1 is 1.30 bits per heavy atom. The molecule has 3 aliphatic rings.